The van der Waals surface area contributed by atoms with Gasteiger partial charge in [-0.25, -0.2) is 0 Å². The van der Waals surface area contributed by atoms with Gasteiger partial charge in [0.05, 0.1) is 0 Å². The number of carbonyl (C=O) groups is 2. The van der Waals surface area contributed by atoms with Gasteiger partial charge in [-0.2, -0.15) is 0 Å². The number of anilines is 1. The maximum Gasteiger partial charge on any atom is 0.251 e. The fourth-order valence-electron chi connectivity index (χ4n) is 3.28. The van der Waals surface area contributed by atoms with E-state index < -0.39 is 0 Å². The van der Waals surface area contributed by atoms with Crippen LogP contribution in [0.1, 0.15) is 69.2 Å². The van der Waals surface area contributed by atoms with Crippen molar-refractivity contribution in [1.82, 2.24) is 5.32 Å². The summed E-state index contributed by atoms with van der Waals surface area (Å²) >= 11 is 0. The molecule has 0 aromatic heterocycles. The average molecular weight is 316 g/mol. The van der Waals surface area contributed by atoms with Crippen molar-refractivity contribution in [3.05, 3.63) is 29.8 Å². The van der Waals surface area contributed by atoms with Crippen LogP contribution in [0.2, 0.25) is 0 Å². The van der Waals surface area contributed by atoms with Gasteiger partial charge in [0.2, 0.25) is 5.91 Å². The normalized spacial score (nSPS) is 20.3. The van der Waals surface area contributed by atoms with Gasteiger partial charge in [-0.3, -0.25) is 9.59 Å². The first-order valence-corrected chi connectivity index (χ1v) is 8.84. The Morgan fingerprint density at radius 1 is 1.22 bits per heavy atom. The van der Waals surface area contributed by atoms with Crippen molar-refractivity contribution in [3.8, 4) is 0 Å². The molecule has 126 valence electrons. The van der Waals surface area contributed by atoms with Gasteiger partial charge in [-0.05, 0) is 43.4 Å². The molecule has 2 atom stereocenters. The van der Waals surface area contributed by atoms with Crippen LogP contribution in [0.15, 0.2) is 24.3 Å². The van der Waals surface area contributed by atoms with Gasteiger partial charge >= 0.3 is 0 Å². The predicted molar refractivity (Wildman–Crippen MR) is 93.5 cm³/mol. The Kier molecular flexibility index (Phi) is 6.63. The van der Waals surface area contributed by atoms with Crippen LogP contribution in [0.25, 0.3) is 0 Å². The minimum absolute atomic E-state index is 0.0361. The molecule has 2 amide bonds. The average Bonchev–Trinajstić information content (AvgIpc) is 3.00. The minimum Gasteiger partial charge on any atom is -0.349 e. The zero-order valence-corrected chi connectivity index (χ0v) is 14.2. The van der Waals surface area contributed by atoms with Crippen molar-refractivity contribution in [1.29, 1.82) is 0 Å². The Hall–Kier alpha value is -1.84. The van der Waals surface area contributed by atoms with Crippen LogP contribution in [-0.2, 0) is 4.79 Å². The van der Waals surface area contributed by atoms with Crippen LogP contribution in [-0.4, -0.2) is 17.9 Å². The van der Waals surface area contributed by atoms with Crippen LogP contribution in [0.5, 0.6) is 0 Å². The molecule has 1 aliphatic rings. The molecule has 4 nitrogen and oxygen atoms in total. The van der Waals surface area contributed by atoms with Gasteiger partial charge in [0.15, 0.2) is 0 Å². The Bertz CT molecular complexity index is 542. The second-order valence-corrected chi connectivity index (χ2v) is 6.40. The van der Waals surface area contributed by atoms with E-state index in [0.717, 1.165) is 6.42 Å². The van der Waals surface area contributed by atoms with Crippen LogP contribution in [0.4, 0.5) is 5.69 Å². The molecule has 23 heavy (non-hydrogen) atoms. The minimum atomic E-state index is -0.0435. The molecule has 1 aromatic carbocycles. The second-order valence-electron chi connectivity index (χ2n) is 6.40. The predicted octanol–water partition coefficient (Wildman–Crippen LogP) is 4.12. The van der Waals surface area contributed by atoms with E-state index in [1.54, 1.807) is 12.1 Å². The van der Waals surface area contributed by atoms with E-state index in [-0.39, 0.29) is 11.8 Å². The number of hydrogen-bond acceptors (Lipinski definition) is 2. The van der Waals surface area contributed by atoms with E-state index in [4.69, 9.17) is 0 Å². The van der Waals surface area contributed by atoms with Crippen LogP contribution in [0.3, 0.4) is 0 Å². The number of benzene rings is 1. The molecule has 2 unspecified atom stereocenters. The molecule has 0 heterocycles. The number of rotatable bonds is 7. The summed E-state index contributed by atoms with van der Waals surface area (Å²) in [5, 5.41) is 6.00. The molecule has 1 aromatic rings. The van der Waals surface area contributed by atoms with Crippen molar-refractivity contribution in [3.63, 3.8) is 0 Å². The third kappa shape index (κ3) is 5.08. The molecular weight excluding hydrogens is 288 g/mol. The molecule has 2 N–H and O–H groups in total. The maximum atomic E-state index is 12.5. The van der Waals surface area contributed by atoms with E-state index in [1.807, 2.05) is 19.1 Å². The smallest absolute Gasteiger partial charge is 0.251 e. The zero-order chi connectivity index (χ0) is 16.7. The van der Waals surface area contributed by atoms with Crippen LogP contribution in [0, 0.1) is 5.92 Å². The number of hydrogen-bond donors (Lipinski definition) is 2. The van der Waals surface area contributed by atoms with Crippen molar-refractivity contribution in [2.45, 2.75) is 64.8 Å². The standard InChI is InChI=1S/C19H28N2O2/c1-3-5-8-14-9-7-12-17(14)21-19(23)15-10-6-11-16(13-15)20-18(22)4-2/h6,10-11,13-14,17H,3-5,7-9,12H2,1-2H3,(H,20,22)(H,21,23). The first-order valence-electron chi connectivity index (χ1n) is 8.84. The van der Waals surface area contributed by atoms with Crippen molar-refractivity contribution < 1.29 is 9.59 Å². The largest absolute Gasteiger partial charge is 0.349 e. The quantitative estimate of drug-likeness (QED) is 0.795. The van der Waals surface area contributed by atoms with Crippen molar-refractivity contribution in [2.24, 2.45) is 5.92 Å². The summed E-state index contributed by atoms with van der Waals surface area (Å²) in [7, 11) is 0. The molecule has 2 rings (SSSR count). The number of amides is 2. The topological polar surface area (TPSA) is 58.2 Å². The molecule has 4 heteroatoms. The molecule has 1 saturated carbocycles. The lowest BCUT2D eigenvalue weighted by molar-refractivity contribution is -0.115. The molecule has 1 fully saturated rings. The van der Waals surface area contributed by atoms with E-state index in [9.17, 15) is 9.59 Å². The Morgan fingerprint density at radius 3 is 2.78 bits per heavy atom. The van der Waals surface area contributed by atoms with Gasteiger partial charge in [0.1, 0.15) is 0 Å². The lowest BCUT2D eigenvalue weighted by Gasteiger charge is -2.21. The Morgan fingerprint density at radius 2 is 2.04 bits per heavy atom. The summed E-state index contributed by atoms with van der Waals surface area (Å²) in [4.78, 5) is 24.0. The highest BCUT2D eigenvalue weighted by atomic mass is 16.2. The number of carbonyl (C=O) groups excluding carboxylic acids is 2. The fraction of sp³-hybridized carbons (Fsp3) is 0.579. The van der Waals surface area contributed by atoms with E-state index in [1.165, 1.54) is 32.1 Å². The summed E-state index contributed by atoms with van der Waals surface area (Å²) in [5.74, 6) is 0.533. The highest BCUT2D eigenvalue weighted by Crippen LogP contribution is 2.30. The highest BCUT2D eigenvalue weighted by Gasteiger charge is 2.28. The molecule has 1 aliphatic carbocycles. The van der Waals surface area contributed by atoms with E-state index in [2.05, 4.69) is 17.6 Å². The molecule has 0 aliphatic heterocycles. The zero-order valence-electron chi connectivity index (χ0n) is 14.2. The van der Waals surface area contributed by atoms with Crippen molar-refractivity contribution >= 4 is 17.5 Å². The van der Waals surface area contributed by atoms with Gasteiger partial charge in [0.25, 0.3) is 5.91 Å². The summed E-state index contributed by atoms with van der Waals surface area (Å²) < 4.78 is 0. The molecule has 0 saturated heterocycles. The van der Waals surface area contributed by atoms with E-state index >= 15 is 0 Å². The van der Waals surface area contributed by atoms with Gasteiger partial charge < -0.3 is 10.6 Å². The third-order valence-electron chi connectivity index (χ3n) is 4.63. The fourth-order valence-corrected chi connectivity index (χ4v) is 3.28. The lowest BCUT2D eigenvalue weighted by Crippen LogP contribution is -2.37. The van der Waals surface area contributed by atoms with Gasteiger partial charge in [-0.15, -0.1) is 0 Å². The monoisotopic (exact) mass is 316 g/mol. The summed E-state index contributed by atoms with van der Waals surface area (Å²) in [5.41, 5.74) is 1.29. The van der Waals surface area contributed by atoms with Crippen LogP contribution < -0.4 is 10.6 Å². The first kappa shape index (κ1) is 17.5. The number of unbranched alkanes of at least 4 members (excludes halogenated alkanes) is 1. The third-order valence-corrected chi connectivity index (χ3v) is 4.63. The summed E-state index contributed by atoms with van der Waals surface area (Å²) in [6.45, 7) is 4.01. The van der Waals surface area contributed by atoms with Gasteiger partial charge in [0, 0.05) is 23.7 Å². The molecule has 0 bridgehead atoms. The SMILES string of the molecule is CCCCC1CCCC1NC(=O)c1cccc(NC(=O)CC)c1. The van der Waals surface area contributed by atoms with E-state index in [0.29, 0.717) is 29.6 Å². The maximum absolute atomic E-state index is 12.5. The molecule has 0 radical (unpaired) electrons. The second kappa shape index (κ2) is 8.70. The Balaban J connectivity index is 1.97. The Labute approximate surface area is 139 Å². The first-order chi connectivity index (χ1) is 11.1. The molecule has 0 spiro atoms. The van der Waals surface area contributed by atoms with Crippen molar-refractivity contribution in [2.75, 3.05) is 5.32 Å². The van der Waals surface area contributed by atoms with Crippen LogP contribution >= 0.6 is 0 Å². The molecular formula is C19H28N2O2. The summed E-state index contributed by atoms with van der Waals surface area (Å²) in [6, 6.07) is 7.46. The lowest BCUT2D eigenvalue weighted by atomic mass is 9.96. The summed E-state index contributed by atoms with van der Waals surface area (Å²) in [6.07, 6.45) is 7.56. The number of nitrogens with one attached hydrogen (secondary N) is 2. The highest BCUT2D eigenvalue weighted by molar-refractivity contribution is 5.97. The van der Waals surface area contributed by atoms with Gasteiger partial charge in [-0.1, -0.05) is 39.2 Å².